The van der Waals surface area contributed by atoms with E-state index in [2.05, 4.69) is 72.5 Å². The van der Waals surface area contributed by atoms with Gasteiger partial charge in [-0.05, 0) is 35.3 Å². The smallest absolute Gasteiger partial charge is 0.0825 e. The number of aliphatic hydroxyl groups excluding tert-OH is 1. The lowest BCUT2D eigenvalue weighted by molar-refractivity contribution is 0.0870. The highest BCUT2D eigenvalue weighted by molar-refractivity contribution is 5.70. The summed E-state index contributed by atoms with van der Waals surface area (Å²) in [7, 11) is 0. The van der Waals surface area contributed by atoms with Crippen LogP contribution in [0.2, 0.25) is 0 Å². The molecule has 0 spiro atoms. The molecule has 1 aliphatic carbocycles. The van der Waals surface area contributed by atoms with Gasteiger partial charge in [-0.1, -0.05) is 60.7 Å². The monoisotopic (exact) mass is 303 g/mol. The minimum absolute atomic E-state index is 0.0508. The molecule has 1 heterocycles. The lowest BCUT2D eigenvalue weighted by Crippen LogP contribution is -2.35. The van der Waals surface area contributed by atoms with Crippen LogP contribution >= 0.6 is 0 Å². The molecule has 0 fully saturated rings. The third-order valence-corrected chi connectivity index (χ3v) is 4.97. The van der Waals surface area contributed by atoms with Gasteiger partial charge in [-0.3, -0.25) is 0 Å². The molecule has 116 valence electrons. The van der Waals surface area contributed by atoms with E-state index in [1.165, 1.54) is 28.0 Å². The highest BCUT2D eigenvalue weighted by Gasteiger charge is 2.36. The summed E-state index contributed by atoms with van der Waals surface area (Å²) in [5.41, 5.74) is 6.30. The number of hydrogen-bond acceptors (Lipinski definition) is 2. The average molecular weight is 303 g/mol. The molecule has 2 aromatic rings. The van der Waals surface area contributed by atoms with Gasteiger partial charge in [0.15, 0.2) is 0 Å². The van der Waals surface area contributed by atoms with E-state index in [-0.39, 0.29) is 12.1 Å². The Morgan fingerprint density at radius 2 is 1.70 bits per heavy atom. The minimum Gasteiger partial charge on any atom is -0.390 e. The first kappa shape index (κ1) is 14.3. The van der Waals surface area contributed by atoms with Gasteiger partial charge >= 0.3 is 0 Å². The largest absolute Gasteiger partial charge is 0.390 e. The first-order valence-electron chi connectivity index (χ1n) is 8.19. The van der Waals surface area contributed by atoms with E-state index in [0.717, 1.165) is 13.0 Å². The summed E-state index contributed by atoms with van der Waals surface area (Å²) in [6, 6.07) is 19.0. The zero-order valence-corrected chi connectivity index (χ0v) is 13.3. The molecule has 0 bridgehead atoms. The summed E-state index contributed by atoms with van der Waals surface area (Å²) < 4.78 is 0. The number of nitrogens with zero attached hydrogens (tertiary/aromatic N) is 1. The van der Waals surface area contributed by atoms with Crippen molar-refractivity contribution in [2.24, 2.45) is 0 Å². The Morgan fingerprint density at radius 3 is 2.52 bits per heavy atom. The number of hydrogen-bond donors (Lipinski definition) is 1. The van der Waals surface area contributed by atoms with E-state index < -0.39 is 0 Å². The summed E-state index contributed by atoms with van der Waals surface area (Å²) in [5.74, 6) is 0. The lowest BCUT2D eigenvalue weighted by atomic mass is 9.98. The van der Waals surface area contributed by atoms with Crippen molar-refractivity contribution in [3.05, 3.63) is 89.1 Å². The van der Waals surface area contributed by atoms with E-state index in [4.69, 9.17) is 0 Å². The fourth-order valence-electron chi connectivity index (χ4n) is 3.76. The molecule has 2 heteroatoms. The number of fused-ring (bicyclic) bond motifs is 1. The van der Waals surface area contributed by atoms with Gasteiger partial charge in [0.05, 0.1) is 12.1 Å². The molecule has 2 nitrogen and oxygen atoms in total. The number of allylic oxidation sites excluding steroid dienone is 3. The summed E-state index contributed by atoms with van der Waals surface area (Å²) in [6.45, 7) is 2.97. The lowest BCUT2D eigenvalue weighted by Gasteiger charge is -2.37. The molecule has 0 radical (unpaired) electrons. The van der Waals surface area contributed by atoms with E-state index in [1.54, 1.807) is 0 Å². The topological polar surface area (TPSA) is 23.5 Å². The second-order valence-electron chi connectivity index (χ2n) is 6.41. The molecule has 2 aromatic carbocycles. The van der Waals surface area contributed by atoms with Crippen molar-refractivity contribution in [2.45, 2.75) is 25.5 Å². The maximum atomic E-state index is 10.6. The molecule has 2 aliphatic rings. The van der Waals surface area contributed by atoms with Crippen LogP contribution in [-0.2, 0) is 6.42 Å². The fourth-order valence-corrected chi connectivity index (χ4v) is 3.76. The van der Waals surface area contributed by atoms with Crippen LogP contribution in [0.5, 0.6) is 0 Å². The van der Waals surface area contributed by atoms with Crippen molar-refractivity contribution < 1.29 is 5.11 Å². The maximum absolute atomic E-state index is 10.6. The normalized spacial score (nSPS) is 23.3. The van der Waals surface area contributed by atoms with Gasteiger partial charge in [0.1, 0.15) is 0 Å². The van der Waals surface area contributed by atoms with Gasteiger partial charge in [0, 0.05) is 18.7 Å². The van der Waals surface area contributed by atoms with Crippen molar-refractivity contribution in [1.82, 2.24) is 4.90 Å². The summed E-state index contributed by atoms with van der Waals surface area (Å²) in [5, 5.41) is 10.6. The Morgan fingerprint density at radius 1 is 0.957 bits per heavy atom. The molecular formula is C21H21NO. The van der Waals surface area contributed by atoms with Crippen molar-refractivity contribution in [3.63, 3.8) is 0 Å². The van der Waals surface area contributed by atoms with Crippen molar-refractivity contribution in [1.29, 1.82) is 0 Å². The van der Waals surface area contributed by atoms with Crippen molar-refractivity contribution in [2.75, 3.05) is 6.54 Å². The second kappa shape index (κ2) is 5.71. The Hall–Kier alpha value is -2.32. The van der Waals surface area contributed by atoms with Crippen LogP contribution in [-0.4, -0.2) is 22.7 Å². The van der Waals surface area contributed by atoms with Crippen LogP contribution in [0.15, 0.2) is 72.4 Å². The molecule has 4 rings (SSSR count). The molecule has 0 saturated heterocycles. The second-order valence-corrected chi connectivity index (χ2v) is 6.41. The Bertz CT molecular complexity index is 775. The molecule has 0 amide bonds. The third-order valence-electron chi connectivity index (χ3n) is 4.97. The Kier molecular flexibility index (Phi) is 3.55. The minimum atomic E-state index is -0.342. The Balaban J connectivity index is 1.68. The van der Waals surface area contributed by atoms with Crippen LogP contribution in [0.25, 0.3) is 5.57 Å². The van der Waals surface area contributed by atoms with Crippen LogP contribution in [0.3, 0.4) is 0 Å². The SMILES string of the molecule is CC1=CC=C(c2ccccc2)CN1[C@@H]1c2ccccc2C[C@H]1O. The number of rotatable bonds is 2. The molecule has 2 atom stereocenters. The quantitative estimate of drug-likeness (QED) is 0.908. The Labute approximate surface area is 137 Å². The van der Waals surface area contributed by atoms with Crippen molar-refractivity contribution >= 4 is 5.57 Å². The van der Waals surface area contributed by atoms with Gasteiger partial charge in [-0.2, -0.15) is 0 Å². The average Bonchev–Trinajstić information content (AvgIpc) is 2.92. The van der Waals surface area contributed by atoms with E-state index in [9.17, 15) is 5.11 Å². The highest BCUT2D eigenvalue weighted by Crippen LogP contribution is 2.40. The number of aliphatic hydroxyl groups is 1. The number of benzene rings is 2. The summed E-state index contributed by atoms with van der Waals surface area (Å²) >= 11 is 0. The van der Waals surface area contributed by atoms with Crippen LogP contribution in [0.1, 0.15) is 29.7 Å². The van der Waals surface area contributed by atoms with E-state index in [0.29, 0.717) is 0 Å². The van der Waals surface area contributed by atoms with E-state index in [1.807, 2.05) is 6.07 Å². The fraction of sp³-hybridized carbons (Fsp3) is 0.238. The van der Waals surface area contributed by atoms with Gasteiger partial charge in [-0.25, -0.2) is 0 Å². The zero-order chi connectivity index (χ0) is 15.8. The molecule has 0 aromatic heterocycles. The van der Waals surface area contributed by atoms with Gasteiger partial charge in [0.2, 0.25) is 0 Å². The van der Waals surface area contributed by atoms with Crippen LogP contribution < -0.4 is 0 Å². The standard InChI is InChI=1S/C21H21NO/c1-15-11-12-18(16-7-3-2-4-8-16)14-22(15)21-19-10-6-5-9-17(19)13-20(21)23/h2-12,20-21,23H,13-14H2,1H3/t20-,21-/m1/s1. The molecule has 0 saturated carbocycles. The van der Waals surface area contributed by atoms with Crippen LogP contribution in [0, 0.1) is 0 Å². The molecule has 1 N–H and O–H groups in total. The summed E-state index contributed by atoms with van der Waals surface area (Å²) in [4.78, 5) is 2.35. The van der Waals surface area contributed by atoms with Crippen LogP contribution in [0.4, 0.5) is 0 Å². The predicted molar refractivity (Wildman–Crippen MR) is 93.8 cm³/mol. The highest BCUT2D eigenvalue weighted by atomic mass is 16.3. The maximum Gasteiger partial charge on any atom is 0.0825 e. The molecule has 0 unspecified atom stereocenters. The van der Waals surface area contributed by atoms with Gasteiger partial charge < -0.3 is 10.0 Å². The van der Waals surface area contributed by atoms with Crippen molar-refractivity contribution in [3.8, 4) is 0 Å². The first-order chi connectivity index (χ1) is 11.2. The third kappa shape index (κ3) is 2.49. The first-order valence-corrected chi connectivity index (χ1v) is 8.19. The van der Waals surface area contributed by atoms with Gasteiger partial charge in [0.25, 0.3) is 0 Å². The summed E-state index contributed by atoms with van der Waals surface area (Å²) in [6.07, 6.45) is 4.77. The zero-order valence-electron chi connectivity index (χ0n) is 13.3. The molecular weight excluding hydrogens is 282 g/mol. The molecule has 23 heavy (non-hydrogen) atoms. The van der Waals surface area contributed by atoms with Gasteiger partial charge in [-0.15, -0.1) is 0 Å². The molecule has 1 aliphatic heterocycles. The van der Waals surface area contributed by atoms with E-state index >= 15 is 0 Å². The predicted octanol–water partition coefficient (Wildman–Crippen LogP) is 3.95.